The number of carbonyl (C=O) groups excluding carboxylic acids is 1. The summed E-state index contributed by atoms with van der Waals surface area (Å²) in [5, 5.41) is 28.6. The Hall–Kier alpha value is -1.72. The van der Waals surface area contributed by atoms with Crippen LogP contribution in [0.15, 0.2) is 24.3 Å². The third-order valence-electron chi connectivity index (χ3n) is 5.80. The van der Waals surface area contributed by atoms with Crippen LogP contribution in [0.4, 0.5) is 0 Å². The molecular weight excluding hydrogens is 344 g/mol. The Bertz CT molecular complexity index is 635. The highest BCUT2D eigenvalue weighted by atomic mass is 16.4. The maximum Gasteiger partial charge on any atom is 0.303 e. The van der Waals surface area contributed by atoms with Crippen LogP contribution in [0.2, 0.25) is 0 Å². The fourth-order valence-electron chi connectivity index (χ4n) is 3.99. The molecule has 5 nitrogen and oxygen atoms in total. The lowest BCUT2D eigenvalue weighted by Crippen LogP contribution is -2.23. The zero-order chi connectivity index (χ0) is 20.0. The number of carboxylic acid groups (broad SMARTS) is 1. The fraction of sp³-hybridized carbons (Fsp3) is 0.636. The van der Waals surface area contributed by atoms with Crippen LogP contribution in [0.3, 0.4) is 0 Å². The summed E-state index contributed by atoms with van der Waals surface area (Å²) in [6, 6.07) is 7.90. The number of ketones is 1. The highest BCUT2D eigenvalue weighted by molar-refractivity contribution is 5.85. The van der Waals surface area contributed by atoms with Gasteiger partial charge in [0.15, 0.2) is 0 Å². The van der Waals surface area contributed by atoms with Gasteiger partial charge in [0.05, 0.1) is 12.7 Å². The summed E-state index contributed by atoms with van der Waals surface area (Å²) in [6.07, 6.45) is 3.79. The van der Waals surface area contributed by atoms with E-state index in [-0.39, 0.29) is 42.5 Å². The van der Waals surface area contributed by atoms with Crippen LogP contribution >= 0.6 is 0 Å². The van der Waals surface area contributed by atoms with Crippen LogP contribution in [0.5, 0.6) is 0 Å². The van der Waals surface area contributed by atoms with Crippen molar-refractivity contribution >= 4 is 11.8 Å². The molecule has 0 amide bonds. The number of unbranched alkanes of at least 4 members (excludes halogenated alkanes) is 3. The van der Waals surface area contributed by atoms with Crippen LogP contribution in [-0.4, -0.2) is 39.8 Å². The maximum atomic E-state index is 12.4. The van der Waals surface area contributed by atoms with Crippen molar-refractivity contribution in [2.45, 2.75) is 76.2 Å². The first-order valence-electron chi connectivity index (χ1n) is 9.90. The van der Waals surface area contributed by atoms with Gasteiger partial charge in [0.25, 0.3) is 0 Å². The molecule has 3 unspecified atom stereocenters. The number of carboxylic acids is 1. The molecule has 1 saturated carbocycles. The number of benzene rings is 1. The van der Waals surface area contributed by atoms with Crippen molar-refractivity contribution in [2.24, 2.45) is 5.92 Å². The molecule has 1 fully saturated rings. The van der Waals surface area contributed by atoms with Gasteiger partial charge in [-0.3, -0.25) is 9.59 Å². The van der Waals surface area contributed by atoms with E-state index >= 15 is 0 Å². The molecule has 0 radical (unpaired) electrons. The quantitative estimate of drug-likeness (QED) is 0.544. The molecule has 3 N–H and O–H groups in total. The number of aliphatic hydroxyl groups is 2. The average molecular weight is 376 g/mol. The maximum absolute atomic E-state index is 12.4. The number of aliphatic carboxylic acids is 1. The molecule has 1 aromatic rings. The Balaban J connectivity index is 1.98. The van der Waals surface area contributed by atoms with E-state index in [1.807, 2.05) is 38.1 Å². The van der Waals surface area contributed by atoms with E-state index in [1.165, 1.54) is 0 Å². The Morgan fingerprint density at radius 1 is 1.11 bits per heavy atom. The molecule has 1 aliphatic carbocycles. The number of rotatable bonds is 10. The van der Waals surface area contributed by atoms with Gasteiger partial charge in [-0.2, -0.15) is 0 Å². The van der Waals surface area contributed by atoms with Gasteiger partial charge < -0.3 is 15.3 Å². The predicted octanol–water partition coefficient (Wildman–Crippen LogP) is 3.42. The summed E-state index contributed by atoms with van der Waals surface area (Å²) in [5.74, 6) is -0.992. The summed E-state index contributed by atoms with van der Waals surface area (Å²) >= 11 is 0. The molecule has 0 heterocycles. The average Bonchev–Trinajstić information content (AvgIpc) is 2.91. The molecule has 0 aliphatic heterocycles. The summed E-state index contributed by atoms with van der Waals surface area (Å²) in [5.41, 5.74) is 1.68. The van der Waals surface area contributed by atoms with Crippen LogP contribution in [0.25, 0.3) is 0 Å². The molecule has 1 aliphatic rings. The van der Waals surface area contributed by atoms with Crippen LogP contribution in [0, 0.1) is 5.92 Å². The first-order chi connectivity index (χ1) is 12.8. The van der Waals surface area contributed by atoms with E-state index in [1.54, 1.807) is 0 Å². The van der Waals surface area contributed by atoms with Gasteiger partial charge in [0.1, 0.15) is 5.78 Å². The van der Waals surface area contributed by atoms with Crippen molar-refractivity contribution in [1.29, 1.82) is 0 Å². The molecule has 0 aromatic heterocycles. The zero-order valence-electron chi connectivity index (χ0n) is 16.4. The van der Waals surface area contributed by atoms with Crippen molar-refractivity contribution in [1.82, 2.24) is 0 Å². The molecule has 0 saturated heterocycles. The van der Waals surface area contributed by atoms with Gasteiger partial charge in [-0.25, -0.2) is 0 Å². The van der Waals surface area contributed by atoms with Crippen LogP contribution in [-0.2, 0) is 15.0 Å². The number of carbonyl (C=O) groups is 2. The van der Waals surface area contributed by atoms with Crippen molar-refractivity contribution < 1.29 is 24.9 Å². The van der Waals surface area contributed by atoms with Gasteiger partial charge in [-0.1, -0.05) is 57.4 Å². The smallest absolute Gasteiger partial charge is 0.303 e. The van der Waals surface area contributed by atoms with E-state index in [0.29, 0.717) is 6.42 Å². The molecule has 3 atom stereocenters. The minimum absolute atomic E-state index is 0.0569. The highest BCUT2D eigenvalue weighted by Gasteiger charge is 2.41. The third kappa shape index (κ3) is 5.63. The lowest BCUT2D eigenvalue weighted by Gasteiger charge is -2.25. The molecule has 27 heavy (non-hydrogen) atoms. The number of aliphatic hydroxyl groups excluding tert-OH is 2. The van der Waals surface area contributed by atoms with E-state index in [4.69, 9.17) is 5.11 Å². The van der Waals surface area contributed by atoms with E-state index in [2.05, 4.69) is 0 Å². The van der Waals surface area contributed by atoms with Gasteiger partial charge in [0, 0.05) is 30.1 Å². The molecule has 1 aromatic carbocycles. The predicted molar refractivity (Wildman–Crippen MR) is 104 cm³/mol. The standard InChI is InChI=1S/C22H32O5/c1-22(2,14-23)16-11-9-15(10-12-16)21-17(18(24)13-19(21)25)7-5-3-4-6-8-20(26)27/h9-12,17,19,21,23,25H,3-8,13-14H2,1-2H3,(H,26,27). The first-order valence-corrected chi connectivity index (χ1v) is 9.90. The van der Waals surface area contributed by atoms with E-state index in [0.717, 1.165) is 36.8 Å². The fourth-order valence-corrected chi connectivity index (χ4v) is 3.99. The zero-order valence-corrected chi connectivity index (χ0v) is 16.4. The third-order valence-corrected chi connectivity index (χ3v) is 5.80. The largest absolute Gasteiger partial charge is 0.481 e. The lowest BCUT2D eigenvalue weighted by atomic mass is 9.81. The SMILES string of the molecule is CC(C)(CO)c1ccc(C2C(O)CC(=O)C2CCCCCCC(=O)O)cc1. The van der Waals surface area contributed by atoms with Gasteiger partial charge in [-0.15, -0.1) is 0 Å². The second-order valence-electron chi connectivity index (χ2n) is 8.38. The Morgan fingerprint density at radius 2 is 1.74 bits per heavy atom. The van der Waals surface area contributed by atoms with Crippen molar-refractivity contribution in [3.05, 3.63) is 35.4 Å². The summed E-state index contributed by atoms with van der Waals surface area (Å²) in [7, 11) is 0. The van der Waals surface area contributed by atoms with Crippen LogP contribution < -0.4 is 0 Å². The van der Waals surface area contributed by atoms with Gasteiger partial charge in [0.2, 0.25) is 0 Å². The van der Waals surface area contributed by atoms with Crippen molar-refractivity contribution in [3.8, 4) is 0 Å². The van der Waals surface area contributed by atoms with E-state index in [9.17, 15) is 19.8 Å². The first kappa shape index (κ1) is 21.6. The Labute approximate surface area is 161 Å². The highest BCUT2D eigenvalue weighted by Crippen LogP contribution is 2.41. The van der Waals surface area contributed by atoms with Crippen LogP contribution in [0.1, 0.15) is 75.8 Å². The number of Topliss-reactive ketones (excluding diaryl/α,β-unsaturated/α-hetero) is 1. The van der Waals surface area contributed by atoms with Gasteiger partial charge >= 0.3 is 5.97 Å². The minimum atomic E-state index is -0.767. The Kier molecular flexibility index (Phi) is 7.57. The van der Waals surface area contributed by atoms with Gasteiger partial charge in [-0.05, 0) is 24.0 Å². The summed E-state index contributed by atoms with van der Waals surface area (Å²) in [6.45, 7) is 4.01. The molecule has 5 heteroatoms. The molecule has 2 rings (SSSR count). The number of hydrogen-bond donors (Lipinski definition) is 3. The van der Waals surface area contributed by atoms with Crippen molar-refractivity contribution in [2.75, 3.05) is 6.61 Å². The summed E-state index contributed by atoms with van der Waals surface area (Å²) < 4.78 is 0. The number of hydrogen-bond acceptors (Lipinski definition) is 4. The normalized spacial score (nSPS) is 23.0. The molecule has 0 spiro atoms. The second kappa shape index (κ2) is 9.47. The molecule has 0 bridgehead atoms. The topological polar surface area (TPSA) is 94.8 Å². The minimum Gasteiger partial charge on any atom is -0.481 e. The second-order valence-corrected chi connectivity index (χ2v) is 8.38. The summed E-state index contributed by atoms with van der Waals surface area (Å²) in [4.78, 5) is 22.9. The van der Waals surface area contributed by atoms with Crippen molar-refractivity contribution in [3.63, 3.8) is 0 Å². The molecule has 150 valence electrons. The lowest BCUT2D eigenvalue weighted by molar-refractivity contribution is -0.137. The monoisotopic (exact) mass is 376 g/mol. The molecular formula is C22H32O5. The Morgan fingerprint density at radius 3 is 2.33 bits per heavy atom. The van der Waals surface area contributed by atoms with E-state index < -0.39 is 12.1 Å².